The van der Waals surface area contributed by atoms with Gasteiger partial charge in [-0.25, -0.2) is 4.98 Å². The van der Waals surface area contributed by atoms with Crippen LogP contribution in [0.2, 0.25) is 0 Å². The van der Waals surface area contributed by atoms with E-state index in [1.165, 1.54) is 11.5 Å². The smallest absolute Gasteiger partial charge is 0.205 e. The molecule has 1 aliphatic heterocycles. The number of rotatable bonds is 4. The maximum Gasteiger partial charge on any atom is 0.205 e. The fourth-order valence-electron chi connectivity index (χ4n) is 2.50. The zero-order chi connectivity index (χ0) is 14.5. The first-order chi connectivity index (χ1) is 10.4. The molecule has 0 amide bonds. The highest BCUT2D eigenvalue weighted by atomic mass is 32.1. The van der Waals surface area contributed by atoms with Gasteiger partial charge in [0.05, 0.1) is 7.11 Å². The molecule has 0 bridgehead atoms. The van der Waals surface area contributed by atoms with Crippen LogP contribution < -0.4 is 15.0 Å². The van der Waals surface area contributed by atoms with Gasteiger partial charge in [0.1, 0.15) is 11.6 Å². The van der Waals surface area contributed by atoms with E-state index < -0.39 is 0 Å². The van der Waals surface area contributed by atoms with E-state index in [2.05, 4.69) is 20.7 Å². The van der Waals surface area contributed by atoms with Gasteiger partial charge in [0.15, 0.2) is 0 Å². The Kier molecular flexibility index (Phi) is 4.67. The summed E-state index contributed by atoms with van der Waals surface area (Å²) in [7, 11) is 1.70. The first kappa shape index (κ1) is 14.3. The molecule has 1 aliphatic rings. The summed E-state index contributed by atoms with van der Waals surface area (Å²) in [6.07, 6.45) is 1.87. The van der Waals surface area contributed by atoms with Crippen LogP contribution >= 0.6 is 11.5 Å². The van der Waals surface area contributed by atoms with E-state index in [-0.39, 0.29) is 0 Å². The number of nitrogens with zero attached hydrogens (tertiary/aromatic N) is 3. The molecule has 0 spiro atoms. The van der Waals surface area contributed by atoms with E-state index in [0.29, 0.717) is 6.42 Å². The van der Waals surface area contributed by atoms with E-state index in [0.717, 1.165) is 54.9 Å². The van der Waals surface area contributed by atoms with Crippen molar-refractivity contribution in [2.75, 3.05) is 38.2 Å². The van der Waals surface area contributed by atoms with Gasteiger partial charge in [-0.3, -0.25) is 0 Å². The standard InChI is InChI=1S/C15H20N4OS/c1-20-13-6-3-2-5-12(13)11-14-17-15(21-18-14)19-9-4-7-16-8-10-19/h2-3,5-6,16H,4,7-11H2,1H3. The lowest BCUT2D eigenvalue weighted by molar-refractivity contribution is 0.410. The van der Waals surface area contributed by atoms with Crippen molar-refractivity contribution in [3.05, 3.63) is 35.7 Å². The van der Waals surface area contributed by atoms with E-state index in [1.54, 1.807) is 7.11 Å². The minimum atomic E-state index is 0.715. The average molecular weight is 304 g/mol. The molecule has 0 aliphatic carbocycles. The molecule has 2 aromatic rings. The fourth-order valence-corrected chi connectivity index (χ4v) is 3.24. The van der Waals surface area contributed by atoms with Gasteiger partial charge < -0.3 is 15.0 Å². The minimum Gasteiger partial charge on any atom is -0.496 e. The zero-order valence-electron chi connectivity index (χ0n) is 12.2. The monoisotopic (exact) mass is 304 g/mol. The molecule has 2 heterocycles. The van der Waals surface area contributed by atoms with Crippen LogP contribution in [0.15, 0.2) is 24.3 Å². The van der Waals surface area contributed by atoms with E-state index in [1.807, 2.05) is 18.2 Å². The summed E-state index contributed by atoms with van der Waals surface area (Å²) in [5.41, 5.74) is 1.13. The Morgan fingerprint density at radius 1 is 1.29 bits per heavy atom. The van der Waals surface area contributed by atoms with E-state index in [4.69, 9.17) is 9.72 Å². The fraction of sp³-hybridized carbons (Fsp3) is 0.467. The number of benzene rings is 1. The molecule has 0 unspecified atom stereocenters. The molecule has 6 heteroatoms. The number of hydrogen-bond acceptors (Lipinski definition) is 6. The summed E-state index contributed by atoms with van der Waals surface area (Å²) >= 11 is 1.49. The molecule has 0 atom stereocenters. The lowest BCUT2D eigenvalue weighted by Crippen LogP contribution is -2.27. The topological polar surface area (TPSA) is 50.3 Å². The highest BCUT2D eigenvalue weighted by Crippen LogP contribution is 2.23. The van der Waals surface area contributed by atoms with Crippen molar-refractivity contribution >= 4 is 16.7 Å². The van der Waals surface area contributed by atoms with Crippen molar-refractivity contribution in [1.29, 1.82) is 0 Å². The molecular formula is C15H20N4OS. The third kappa shape index (κ3) is 3.51. The molecule has 0 radical (unpaired) electrons. The van der Waals surface area contributed by atoms with Crippen LogP contribution in [0.25, 0.3) is 0 Å². The predicted octanol–water partition coefficient (Wildman–Crippen LogP) is 1.94. The largest absolute Gasteiger partial charge is 0.496 e. The third-order valence-electron chi connectivity index (χ3n) is 3.61. The Morgan fingerprint density at radius 3 is 3.10 bits per heavy atom. The number of para-hydroxylation sites is 1. The van der Waals surface area contributed by atoms with Crippen LogP contribution in [0.5, 0.6) is 5.75 Å². The van der Waals surface area contributed by atoms with Crippen LogP contribution in [0.1, 0.15) is 17.8 Å². The summed E-state index contributed by atoms with van der Waals surface area (Å²) in [6.45, 7) is 4.16. The molecule has 1 saturated heterocycles. The van der Waals surface area contributed by atoms with Crippen molar-refractivity contribution in [2.24, 2.45) is 0 Å². The maximum absolute atomic E-state index is 5.39. The molecule has 0 saturated carbocycles. The highest BCUT2D eigenvalue weighted by Gasteiger charge is 2.15. The van der Waals surface area contributed by atoms with Crippen LogP contribution in [-0.4, -0.2) is 42.6 Å². The van der Waals surface area contributed by atoms with Gasteiger partial charge in [0.25, 0.3) is 0 Å². The first-order valence-corrected chi connectivity index (χ1v) is 8.04. The summed E-state index contributed by atoms with van der Waals surface area (Å²) in [5.74, 6) is 1.77. The molecule has 1 aromatic carbocycles. The first-order valence-electron chi connectivity index (χ1n) is 7.27. The molecule has 3 rings (SSSR count). The van der Waals surface area contributed by atoms with Crippen LogP contribution in [-0.2, 0) is 6.42 Å². The van der Waals surface area contributed by atoms with Gasteiger partial charge in [0, 0.05) is 43.2 Å². The molecule has 112 valence electrons. The minimum absolute atomic E-state index is 0.715. The second-order valence-corrected chi connectivity index (χ2v) is 5.80. The maximum atomic E-state index is 5.39. The Bertz CT molecular complexity index is 579. The van der Waals surface area contributed by atoms with Crippen molar-refractivity contribution in [3.63, 3.8) is 0 Å². The van der Waals surface area contributed by atoms with Gasteiger partial charge in [-0.05, 0) is 19.0 Å². The number of methoxy groups -OCH3 is 1. The Morgan fingerprint density at radius 2 is 2.19 bits per heavy atom. The summed E-state index contributed by atoms with van der Waals surface area (Å²) in [6, 6.07) is 8.04. The Balaban J connectivity index is 1.72. The van der Waals surface area contributed by atoms with Gasteiger partial charge in [-0.1, -0.05) is 18.2 Å². The number of aromatic nitrogens is 2. The molecule has 1 fully saturated rings. The normalized spacial score (nSPS) is 15.8. The number of hydrogen-bond donors (Lipinski definition) is 1. The van der Waals surface area contributed by atoms with Crippen LogP contribution in [0, 0.1) is 0 Å². The number of nitrogens with one attached hydrogen (secondary N) is 1. The van der Waals surface area contributed by atoms with Crippen molar-refractivity contribution < 1.29 is 4.74 Å². The van der Waals surface area contributed by atoms with Gasteiger partial charge in [0.2, 0.25) is 5.13 Å². The lowest BCUT2D eigenvalue weighted by Gasteiger charge is -2.17. The second kappa shape index (κ2) is 6.87. The summed E-state index contributed by atoms with van der Waals surface area (Å²) < 4.78 is 9.89. The van der Waals surface area contributed by atoms with Crippen molar-refractivity contribution in [2.45, 2.75) is 12.8 Å². The SMILES string of the molecule is COc1ccccc1Cc1nsc(N2CCCNCC2)n1. The molecule has 1 N–H and O–H groups in total. The third-order valence-corrected chi connectivity index (χ3v) is 4.42. The molecule has 1 aromatic heterocycles. The van der Waals surface area contributed by atoms with Gasteiger partial charge >= 0.3 is 0 Å². The van der Waals surface area contributed by atoms with E-state index in [9.17, 15) is 0 Å². The quantitative estimate of drug-likeness (QED) is 0.935. The summed E-state index contributed by atoms with van der Waals surface area (Å²) in [5, 5.41) is 4.44. The highest BCUT2D eigenvalue weighted by molar-refractivity contribution is 7.09. The number of ether oxygens (including phenoxy) is 1. The zero-order valence-corrected chi connectivity index (χ0v) is 13.0. The van der Waals surface area contributed by atoms with Crippen molar-refractivity contribution in [1.82, 2.24) is 14.7 Å². The van der Waals surface area contributed by atoms with Crippen molar-refractivity contribution in [3.8, 4) is 5.75 Å². The summed E-state index contributed by atoms with van der Waals surface area (Å²) in [4.78, 5) is 7.02. The van der Waals surface area contributed by atoms with Crippen LogP contribution in [0.3, 0.4) is 0 Å². The number of anilines is 1. The molecule has 5 nitrogen and oxygen atoms in total. The molecular weight excluding hydrogens is 284 g/mol. The van der Waals surface area contributed by atoms with Gasteiger partial charge in [-0.2, -0.15) is 4.37 Å². The van der Waals surface area contributed by atoms with Crippen LogP contribution in [0.4, 0.5) is 5.13 Å². The average Bonchev–Trinajstić information content (AvgIpc) is 2.81. The molecule has 21 heavy (non-hydrogen) atoms. The van der Waals surface area contributed by atoms with Gasteiger partial charge in [-0.15, -0.1) is 0 Å². The lowest BCUT2D eigenvalue weighted by atomic mass is 10.1. The Labute approximate surface area is 129 Å². The van der Waals surface area contributed by atoms with E-state index >= 15 is 0 Å². The predicted molar refractivity (Wildman–Crippen MR) is 85.4 cm³/mol. The second-order valence-electron chi connectivity index (χ2n) is 5.07. The Hall–Kier alpha value is -1.66.